The molecule has 2 aromatic rings. The van der Waals surface area contributed by atoms with Crippen molar-refractivity contribution in [3.8, 4) is 5.75 Å². The predicted octanol–water partition coefficient (Wildman–Crippen LogP) is 1.92. The van der Waals surface area contributed by atoms with Crippen molar-refractivity contribution in [3.63, 3.8) is 0 Å². The fourth-order valence-corrected chi connectivity index (χ4v) is 1.81. The van der Waals surface area contributed by atoms with Gasteiger partial charge in [0.1, 0.15) is 11.9 Å². The number of rotatable bonds is 6. The predicted molar refractivity (Wildman–Crippen MR) is 72.5 cm³/mol. The molecule has 1 atom stereocenters. The minimum absolute atomic E-state index is 0.124. The Hall–Kier alpha value is -2.37. The summed E-state index contributed by atoms with van der Waals surface area (Å²) in [7, 11) is 0. The van der Waals surface area contributed by atoms with Crippen molar-refractivity contribution in [1.29, 1.82) is 0 Å². The number of esters is 1. The van der Waals surface area contributed by atoms with E-state index in [-0.39, 0.29) is 11.9 Å². The molecule has 0 aliphatic carbocycles. The normalized spacial score (nSPS) is 11.9. The number of nitrogens with zero attached hydrogens (tertiary/aromatic N) is 3. The van der Waals surface area contributed by atoms with E-state index >= 15 is 0 Å². The molecule has 0 N–H and O–H groups in total. The molecule has 0 bridgehead atoms. The molecule has 6 nitrogen and oxygen atoms in total. The summed E-state index contributed by atoms with van der Waals surface area (Å²) in [6.45, 7) is 4.51. The number of hydrogen-bond acceptors (Lipinski definition) is 5. The van der Waals surface area contributed by atoms with Gasteiger partial charge >= 0.3 is 5.97 Å². The number of pyridine rings is 1. The van der Waals surface area contributed by atoms with Crippen LogP contribution in [0.25, 0.3) is 0 Å². The van der Waals surface area contributed by atoms with E-state index in [0.717, 1.165) is 0 Å². The zero-order valence-corrected chi connectivity index (χ0v) is 11.5. The molecule has 0 fully saturated rings. The average Bonchev–Trinajstić information content (AvgIpc) is 2.88. The first-order valence-electron chi connectivity index (χ1n) is 6.45. The third-order valence-corrected chi connectivity index (χ3v) is 2.60. The number of carbonyl (C=O) groups excluding carboxylic acids is 1. The number of hydrogen-bond donors (Lipinski definition) is 0. The maximum Gasteiger partial charge on any atom is 0.374 e. The van der Waals surface area contributed by atoms with Gasteiger partial charge in [-0.25, -0.2) is 9.78 Å². The van der Waals surface area contributed by atoms with Crippen LogP contribution in [0.2, 0.25) is 0 Å². The lowest BCUT2D eigenvalue weighted by Gasteiger charge is -2.16. The van der Waals surface area contributed by atoms with Crippen molar-refractivity contribution in [1.82, 2.24) is 14.5 Å². The van der Waals surface area contributed by atoms with Crippen LogP contribution in [0.1, 0.15) is 24.5 Å². The number of imidazole rings is 1. The lowest BCUT2D eigenvalue weighted by Crippen LogP contribution is -2.22. The van der Waals surface area contributed by atoms with Crippen LogP contribution in [-0.4, -0.2) is 33.2 Å². The maximum atomic E-state index is 11.7. The summed E-state index contributed by atoms with van der Waals surface area (Å²) >= 11 is 0. The van der Waals surface area contributed by atoms with Gasteiger partial charge in [0.2, 0.25) is 5.82 Å². The molecule has 2 heterocycles. The summed E-state index contributed by atoms with van der Waals surface area (Å²) in [5.41, 5.74) is 0. The molecule has 20 heavy (non-hydrogen) atoms. The molecular formula is C14H17N3O3. The van der Waals surface area contributed by atoms with Gasteiger partial charge in [-0.05, 0) is 26.0 Å². The van der Waals surface area contributed by atoms with Crippen molar-refractivity contribution >= 4 is 5.97 Å². The van der Waals surface area contributed by atoms with Crippen LogP contribution >= 0.6 is 0 Å². The molecule has 0 amide bonds. The van der Waals surface area contributed by atoms with Gasteiger partial charge < -0.3 is 14.0 Å². The van der Waals surface area contributed by atoms with Gasteiger partial charge in [-0.15, -0.1) is 0 Å². The fourth-order valence-electron chi connectivity index (χ4n) is 1.81. The highest BCUT2D eigenvalue weighted by Gasteiger charge is 2.16. The van der Waals surface area contributed by atoms with Gasteiger partial charge in [0.15, 0.2) is 0 Å². The third kappa shape index (κ3) is 3.57. The first-order valence-corrected chi connectivity index (χ1v) is 6.45. The summed E-state index contributed by atoms with van der Waals surface area (Å²) < 4.78 is 12.4. The molecule has 0 unspecified atom stereocenters. The summed E-state index contributed by atoms with van der Waals surface area (Å²) in [6, 6.07) is 3.65. The van der Waals surface area contributed by atoms with Gasteiger partial charge in [-0.1, -0.05) is 0 Å². The van der Waals surface area contributed by atoms with Crippen LogP contribution in [0.3, 0.4) is 0 Å². The van der Waals surface area contributed by atoms with E-state index in [0.29, 0.717) is 18.9 Å². The molecule has 0 spiro atoms. The van der Waals surface area contributed by atoms with Crippen molar-refractivity contribution in [2.45, 2.75) is 26.5 Å². The quantitative estimate of drug-likeness (QED) is 0.753. The van der Waals surface area contributed by atoms with Crippen LogP contribution in [0, 0.1) is 0 Å². The first kappa shape index (κ1) is 14.0. The lowest BCUT2D eigenvalue weighted by atomic mass is 10.3. The lowest BCUT2D eigenvalue weighted by molar-refractivity contribution is 0.0503. The number of aromatic nitrogens is 3. The SMILES string of the molecule is CCOC(=O)c1nccn1C[C@H](C)Oc1cccnc1. The van der Waals surface area contributed by atoms with Gasteiger partial charge in [-0.3, -0.25) is 4.98 Å². The van der Waals surface area contributed by atoms with Crippen LogP contribution < -0.4 is 4.74 Å². The van der Waals surface area contributed by atoms with E-state index in [1.807, 2.05) is 19.1 Å². The Kier molecular flexibility index (Phi) is 4.70. The van der Waals surface area contributed by atoms with Crippen LogP contribution in [0.5, 0.6) is 5.75 Å². The van der Waals surface area contributed by atoms with Crippen LogP contribution in [0.4, 0.5) is 0 Å². The Balaban J connectivity index is 2.00. The largest absolute Gasteiger partial charge is 0.487 e. The second-order valence-electron chi connectivity index (χ2n) is 4.24. The molecule has 106 valence electrons. The fraction of sp³-hybridized carbons (Fsp3) is 0.357. The Morgan fingerprint density at radius 3 is 3.00 bits per heavy atom. The highest BCUT2D eigenvalue weighted by atomic mass is 16.5. The van der Waals surface area contributed by atoms with Crippen molar-refractivity contribution in [2.24, 2.45) is 0 Å². The smallest absolute Gasteiger partial charge is 0.374 e. The molecule has 0 aromatic carbocycles. The topological polar surface area (TPSA) is 66.2 Å². The minimum Gasteiger partial charge on any atom is -0.487 e. The summed E-state index contributed by atoms with van der Waals surface area (Å²) in [4.78, 5) is 19.7. The molecule has 0 saturated heterocycles. The molecule has 6 heteroatoms. The van der Waals surface area contributed by atoms with Crippen molar-refractivity contribution in [2.75, 3.05) is 6.61 Å². The Morgan fingerprint density at radius 2 is 2.30 bits per heavy atom. The van der Waals surface area contributed by atoms with E-state index in [9.17, 15) is 4.79 Å². The Labute approximate surface area is 117 Å². The van der Waals surface area contributed by atoms with Gasteiger partial charge in [0, 0.05) is 18.6 Å². The average molecular weight is 275 g/mol. The van der Waals surface area contributed by atoms with E-state index in [2.05, 4.69) is 9.97 Å². The highest BCUT2D eigenvalue weighted by molar-refractivity contribution is 5.85. The number of ether oxygens (including phenoxy) is 2. The van der Waals surface area contributed by atoms with E-state index < -0.39 is 5.97 Å². The van der Waals surface area contributed by atoms with E-state index in [1.54, 1.807) is 36.3 Å². The number of carbonyl (C=O) groups is 1. The monoisotopic (exact) mass is 275 g/mol. The Bertz CT molecular complexity index is 554. The highest BCUT2D eigenvalue weighted by Crippen LogP contribution is 2.11. The molecule has 0 saturated carbocycles. The minimum atomic E-state index is -0.425. The molecular weight excluding hydrogens is 258 g/mol. The van der Waals surface area contributed by atoms with Gasteiger partial charge in [0.05, 0.1) is 19.3 Å². The molecule has 0 aliphatic heterocycles. The van der Waals surface area contributed by atoms with Crippen molar-refractivity contribution in [3.05, 3.63) is 42.7 Å². The standard InChI is InChI=1S/C14H17N3O3/c1-3-19-14(18)13-16-7-8-17(13)10-11(2)20-12-5-4-6-15-9-12/h4-9,11H,3,10H2,1-2H3/t11-/m0/s1. The Morgan fingerprint density at radius 1 is 1.45 bits per heavy atom. The second kappa shape index (κ2) is 6.70. The van der Waals surface area contributed by atoms with Gasteiger partial charge in [0.25, 0.3) is 0 Å². The van der Waals surface area contributed by atoms with Gasteiger partial charge in [-0.2, -0.15) is 0 Å². The molecule has 0 radical (unpaired) electrons. The van der Waals surface area contributed by atoms with Crippen molar-refractivity contribution < 1.29 is 14.3 Å². The summed E-state index contributed by atoms with van der Waals surface area (Å²) in [5.74, 6) is 0.553. The molecule has 2 aromatic heterocycles. The van der Waals surface area contributed by atoms with Crippen LogP contribution in [0.15, 0.2) is 36.9 Å². The maximum absolute atomic E-state index is 11.7. The van der Waals surface area contributed by atoms with Crippen LogP contribution in [-0.2, 0) is 11.3 Å². The summed E-state index contributed by atoms with van der Waals surface area (Å²) in [5, 5.41) is 0. The molecule has 0 aliphatic rings. The van der Waals surface area contributed by atoms with E-state index in [4.69, 9.17) is 9.47 Å². The second-order valence-corrected chi connectivity index (χ2v) is 4.24. The first-order chi connectivity index (χ1) is 9.70. The zero-order chi connectivity index (χ0) is 14.4. The zero-order valence-electron chi connectivity index (χ0n) is 11.5. The third-order valence-electron chi connectivity index (χ3n) is 2.60. The van der Waals surface area contributed by atoms with E-state index in [1.165, 1.54) is 0 Å². The molecule has 2 rings (SSSR count). The summed E-state index contributed by atoms with van der Waals surface area (Å²) in [6.07, 6.45) is 6.52.